The van der Waals surface area contributed by atoms with Crippen molar-refractivity contribution >= 4 is 0 Å². The van der Waals surface area contributed by atoms with E-state index in [1.165, 1.54) is 0 Å². The van der Waals surface area contributed by atoms with Gasteiger partial charge in [0.2, 0.25) is 0 Å². The molecular weight excluding hydrogens is 102 g/mol. The van der Waals surface area contributed by atoms with E-state index in [1.54, 1.807) is 0 Å². The fourth-order valence-corrected chi connectivity index (χ4v) is 0.627. The number of hydrogen-bond donors (Lipinski definition) is 2. The van der Waals surface area contributed by atoms with Gasteiger partial charge in [0, 0.05) is 0 Å². The molecule has 50 valence electrons. The molecule has 0 bridgehead atoms. The van der Waals surface area contributed by atoms with Gasteiger partial charge in [-0.2, -0.15) is 0 Å². The van der Waals surface area contributed by atoms with Gasteiger partial charge in [0.25, 0.3) is 0 Å². The van der Waals surface area contributed by atoms with Crippen molar-refractivity contribution < 1.29 is 5.11 Å². The lowest BCUT2D eigenvalue weighted by atomic mass is 9.92. The van der Waals surface area contributed by atoms with E-state index in [1.807, 2.05) is 20.8 Å². The zero-order valence-corrected chi connectivity index (χ0v) is 5.81. The Hall–Kier alpha value is -0.0800. The first-order valence-electron chi connectivity index (χ1n) is 2.85. The topological polar surface area (TPSA) is 46.2 Å². The second kappa shape index (κ2) is 2.46. The zero-order valence-electron chi connectivity index (χ0n) is 5.81. The van der Waals surface area contributed by atoms with E-state index in [-0.39, 0.29) is 5.41 Å². The molecule has 0 aromatic carbocycles. The maximum absolute atomic E-state index is 8.67. The summed E-state index contributed by atoms with van der Waals surface area (Å²) in [5.41, 5.74) is 5.28. The third-order valence-electron chi connectivity index (χ3n) is 0.822. The van der Waals surface area contributed by atoms with Crippen molar-refractivity contribution in [3.05, 3.63) is 0 Å². The molecule has 0 aliphatic heterocycles. The molecule has 0 heterocycles. The van der Waals surface area contributed by atoms with Crippen LogP contribution in [0.5, 0.6) is 0 Å². The fraction of sp³-hybridized carbons (Fsp3) is 1.00. The smallest absolute Gasteiger partial charge is 0.102 e. The van der Waals surface area contributed by atoms with Crippen LogP contribution >= 0.6 is 0 Å². The summed E-state index contributed by atoms with van der Waals surface area (Å²) in [7, 11) is 0. The Balaban J connectivity index is 3.39. The first-order chi connectivity index (χ1) is 3.42. The van der Waals surface area contributed by atoms with E-state index < -0.39 is 6.23 Å². The normalized spacial score (nSPS) is 16.1. The maximum atomic E-state index is 8.67. The molecule has 3 N–H and O–H groups in total. The predicted molar refractivity (Wildman–Crippen MR) is 34.3 cm³/mol. The molecule has 0 rings (SSSR count). The Kier molecular flexibility index (Phi) is 2.44. The Labute approximate surface area is 50.7 Å². The minimum Gasteiger partial charge on any atom is -0.379 e. The molecule has 0 amide bonds. The Morgan fingerprint density at radius 2 is 1.88 bits per heavy atom. The van der Waals surface area contributed by atoms with Crippen LogP contribution in [0.1, 0.15) is 27.2 Å². The van der Waals surface area contributed by atoms with Crippen LogP contribution in [0.2, 0.25) is 0 Å². The summed E-state index contributed by atoms with van der Waals surface area (Å²) < 4.78 is 0. The van der Waals surface area contributed by atoms with Crippen molar-refractivity contribution in [1.29, 1.82) is 0 Å². The van der Waals surface area contributed by atoms with Gasteiger partial charge in [-0.3, -0.25) is 0 Å². The average molecular weight is 117 g/mol. The molecule has 0 aliphatic rings. The van der Waals surface area contributed by atoms with Crippen LogP contribution in [-0.4, -0.2) is 11.3 Å². The van der Waals surface area contributed by atoms with Gasteiger partial charge in [0.05, 0.1) is 0 Å². The predicted octanol–water partition coefficient (Wildman–Crippen LogP) is 0.700. The molecule has 0 saturated heterocycles. The summed E-state index contributed by atoms with van der Waals surface area (Å²) in [5.74, 6) is 0. The highest BCUT2D eigenvalue weighted by molar-refractivity contribution is 4.63. The van der Waals surface area contributed by atoms with Crippen LogP contribution in [0, 0.1) is 5.41 Å². The molecule has 0 aromatic rings. The van der Waals surface area contributed by atoms with Crippen molar-refractivity contribution in [2.24, 2.45) is 11.1 Å². The van der Waals surface area contributed by atoms with Crippen LogP contribution in [0.25, 0.3) is 0 Å². The lowest BCUT2D eigenvalue weighted by Crippen LogP contribution is -2.25. The van der Waals surface area contributed by atoms with Crippen LogP contribution < -0.4 is 5.73 Å². The number of aliphatic hydroxyl groups excluding tert-OH is 1. The Morgan fingerprint density at radius 1 is 1.50 bits per heavy atom. The summed E-state index contributed by atoms with van der Waals surface area (Å²) >= 11 is 0. The molecule has 0 saturated carbocycles. The fourth-order valence-electron chi connectivity index (χ4n) is 0.627. The Morgan fingerprint density at radius 3 is 1.88 bits per heavy atom. The largest absolute Gasteiger partial charge is 0.379 e. The van der Waals surface area contributed by atoms with E-state index in [0.29, 0.717) is 6.42 Å². The van der Waals surface area contributed by atoms with Gasteiger partial charge in [-0.25, -0.2) is 0 Å². The van der Waals surface area contributed by atoms with Gasteiger partial charge >= 0.3 is 0 Å². The van der Waals surface area contributed by atoms with Gasteiger partial charge in [0.15, 0.2) is 0 Å². The number of aliphatic hydroxyl groups is 1. The molecule has 0 aromatic heterocycles. The first kappa shape index (κ1) is 7.92. The molecule has 8 heavy (non-hydrogen) atoms. The van der Waals surface area contributed by atoms with E-state index in [0.717, 1.165) is 0 Å². The number of nitrogens with two attached hydrogens (primary N) is 1. The second-order valence-corrected chi connectivity index (χ2v) is 3.33. The molecule has 0 spiro atoms. The van der Waals surface area contributed by atoms with Crippen LogP contribution in [0.15, 0.2) is 0 Å². The van der Waals surface area contributed by atoms with Crippen molar-refractivity contribution in [1.82, 2.24) is 0 Å². The van der Waals surface area contributed by atoms with Crippen molar-refractivity contribution in [3.8, 4) is 0 Å². The minimum atomic E-state index is -0.657. The van der Waals surface area contributed by atoms with Gasteiger partial charge in [-0.05, 0) is 11.8 Å². The van der Waals surface area contributed by atoms with Gasteiger partial charge < -0.3 is 10.8 Å². The van der Waals surface area contributed by atoms with Crippen LogP contribution in [0.3, 0.4) is 0 Å². The van der Waals surface area contributed by atoms with E-state index in [9.17, 15) is 0 Å². The highest BCUT2D eigenvalue weighted by Gasteiger charge is 2.12. The highest BCUT2D eigenvalue weighted by atomic mass is 16.3. The molecule has 0 aliphatic carbocycles. The Bertz CT molecular complexity index is 63.4. The van der Waals surface area contributed by atoms with Crippen LogP contribution in [-0.2, 0) is 0 Å². The van der Waals surface area contributed by atoms with Crippen molar-refractivity contribution in [2.45, 2.75) is 33.4 Å². The van der Waals surface area contributed by atoms with Crippen molar-refractivity contribution in [3.63, 3.8) is 0 Å². The maximum Gasteiger partial charge on any atom is 0.102 e. The molecular formula is C6H15NO. The SMILES string of the molecule is CC(C)(C)C[C@@H](N)O. The van der Waals surface area contributed by atoms with E-state index >= 15 is 0 Å². The lowest BCUT2D eigenvalue weighted by Gasteiger charge is -2.19. The molecule has 0 fully saturated rings. The van der Waals surface area contributed by atoms with E-state index in [4.69, 9.17) is 10.8 Å². The average Bonchev–Trinajstić information content (AvgIpc) is 1.21. The third-order valence-corrected chi connectivity index (χ3v) is 0.822. The number of hydrogen-bond acceptors (Lipinski definition) is 2. The zero-order chi connectivity index (χ0) is 6.78. The summed E-state index contributed by atoms with van der Waals surface area (Å²) in [6.07, 6.45) is 0.00231. The molecule has 2 nitrogen and oxygen atoms in total. The lowest BCUT2D eigenvalue weighted by molar-refractivity contribution is 0.127. The quantitative estimate of drug-likeness (QED) is 0.496. The van der Waals surface area contributed by atoms with Gasteiger partial charge in [-0.1, -0.05) is 20.8 Å². The molecule has 2 heteroatoms. The monoisotopic (exact) mass is 117 g/mol. The van der Waals surface area contributed by atoms with Gasteiger partial charge in [-0.15, -0.1) is 0 Å². The third kappa shape index (κ3) is 5.92. The van der Waals surface area contributed by atoms with Crippen LogP contribution in [0.4, 0.5) is 0 Å². The highest BCUT2D eigenvalue weighted by Crippen LogP contribution is 2.18. The standard InChI is InChI=1S/C6H15NO/c1-6(2,3)4-5(7)8/h5,8H,4,7H2,1-3H3/t5-/m0/s1. The number of rotatable bonds is 1. The first-order valence-corrected chi connectivity index (χ1v) is 2.85. The summed E-state index contributed by atoms with van der Waals surface area (Å²) in [6.45, 7) is 6.13. The summed E-state index contributed by atoms with van der Waals surface area (Å²) in [6, 6.07) is 0. The summed E-state index contributed by atoms with van der Waals surface area (Å²) in [5, 5.41) is 8.67. The summed E-state index contributed by atoms with van der Waals surface area (Å²) in [4.78, 5) is 0. The van der Waals surface area contributed by atoms with Crippen molar-refractivity contribution in [2.75, 3.05) is 0 Å². The van der Waals surface area contributed by atoms with Gasteiger partial charge in [0.1, 0.15) is 6.23 Å². The molecule has 0 radical (unpaired) electrons. The second-order valence-electron chi connectivity index (χ2n) is 3.33. The molecule has 0 unspecified atom stereocenters. The van der Waals surface area contributed by atoms with E-state index in [2.05, 4.69) is 0 Å². The minimum absolute atomic E-state index is 0.147. The molecule has 1 atom stereocenters.